The summed E-state index contributed by atoms with van der Waals surface area (Å²) in [7, 11) is -1.86. The molecule has 3 atom stereocenters. The fourth-order valence-electron chi connectivity index (χ4n) is 3.56. The standard InChI is InChI=1S/C21H29N3O5S2/c1-14-12-24(15(2)13-25)20(26)10-16-9-17(6-7-18(16)29-19(14)11-22-3)23-31(27,28)21-5-4-8-30-21/h4-9,14-15,19,22-23,25H,10-13H2,1-3H3/t14-,15+,19-/m0/s1. The molecule has 3 N–H and O–H groups in total. The monoisotopic (exact) mass is 467 g/mol. The van der Waals surface area contributed by atoms with Crippen molar-refractivity contribution in [3.05, 3.63) is 41.3 Å². The number of anilines is 1. The molecule has 31 heavy (non-hydrogen) atoms. The van der Waals surface area contributed by atoms with Crippen molar-refractivity contribution in [3.63, 3.8) is 0 Å². The Labute approximate surface area is 187 Å². The molecule has 1 aromatic heterocycles. The van der Waals surface area contributed by atoms with E-state index in [1.165, 1.54) is 6.07 Å². The quantitative estimate of drug-likeness (QED) is 0.574. The van der Waals surface area contributed by atoms with Gasteiger partial charge in [0.15, 0.2) is 0 Å². The lowest BCUT2D eigenvalue weighted by atomic mass is 10.0. The van der Waals surface area contributed by atoms with Gasteiger partial charge in [0.1, 0.15) is 16.1 Å². The second-order valence-electron chi connectivity index (χ2n) is 7.81. The molecule has 2 aromatic rings. The number of hydrogen-bond acceptors (Lipinski definition) is 7. The van der Waals surface area contributed by atoms with Crippen LogP contribution in [0.2, 0.25) is 0 Å². The topological polar surface area (TPSA) is 108 Å². The van der Waals surface area contributed by atoms with Crippen LogP contribution in [-0.4, -0.2) is 63.2 Å². The predicted octanol–water partition coefficient (Wildman–Crippen LogP) is 1.92. The third-order valence-electron chi connectivity index (χ3n) is 5.33. The van der Waals surface area contributed by atoms with Crippen molar-refractivity contribution < 1.29 is 23.1 Å². The van der Waals surface area contributed by atoms with Crippen molar-refractivity contribution in [2.75, 3.05) is 31.5 Å². The minimum absolute atomic E-state index is 0.0216. The maximum Gasteiger partial charge on any atom is 0.271 e. The van der Waals surface area contributed by atoms with Gasteiger partial charge in [-0.25, -0.2) is 8.42 Å². The van der Waals surface area contributed by atoms with Crippen LogP contribution in [0.25, 0.3) is 0 Å². The highest BCUT2D eigenvalue weighted by atomic mass is 32.2. The molecule has 1 amide bonds. The molecular weight excluding hydrogens is 438 g/mol. The Bertz CT molecular complexity index is 994. The zero-order valence-corrected chi connectivity index (χ0v) is 19.5. The Morgan fingerprint density at radius 3 is 2.77 bits per heavy atom. The molecule has 8 nitrogen and oxygen atoms in total. The largest absolute Gasteiger partial charge is 0.488 e. The zero-order valence-electron chi connectivity index (χ0n) is 17.9. The maximum atomic E-state index is 13.1. The van der Waals surface area contributed by atoms with Crippen LogP contribution in [0.15, 0.2) is 39.9 Å². The lowest BCUT2D eigenvalue weighted by Gasteiger charge is -2.32. The third-order valence-corrected chi connectivity index (χ3v) is 8.11. The van der Waals surface area contributed by atoms with Crippen molar-refractivity contribution in [3.8, 4) is 5.75 Å². The molecule has 1 aliphatic heterocycles. The fraction of sp³-hybridized carbons (Fsp3) is 0.476. The van der Waals surface area contributed by atoms with Crippen LogP contribution in [0, 0.1) is 5.92 Å². The fourth-order valence-corrected chi connectivity index (χ4v) is 5.60. The molecule has 0 spiro atoms. The number of nitrogens with zero attached hydrogens (tertiary/aromatic N) is 1. The predicted molar refractivity (Wildman–Crippen MR) is 121 cm³/mol. The molecule has 0 aliphatic carbocycles. The molecule has 2 heterocycles. The number of rotatable bonds is 7. The molecule has 10 heteroatoms. The van der Waals surface area contributed by atoms with E-state index in [0.29, 0.717) is 30.1 Å². The lowest BCUT2D eigenvalue weighted by Crippen LogP contribution is -2.47. The number of thiophene rings is 1. The van der Waals surface area contributed by atoms with Crippen LogP contribution in [0.3, 0.4) is 0 Å². The van der Waals surface area contributed by atoms with Gasteiger partial charge in [-0.1, -0.05) is 13.0 Å². The number of aliphatic hydroxyl groups is 1. The Morgan fingerprint density at radius 2 is 2.13 bits per heavy atom. The van der Waals surface area contributed by atoms with Gasteiger partial charge in [0.05, 0.1) is 19.1 Å². The molecular formula is C21H29N3O5S2. The van der Waals surface area contributed by atoms with Crippen molar-refractivity contribution in [1.82, 2.24) is 10.2 Å². The summed E-state index contributed by atoms with van der Waals surface area (Å²) >= 11 is 1.13. The number of carbonyl (C=O) groups is 1. The number of likely N-dealkylation sites (N-methyl/N-ethyl adjacent to an activating group) is 1. The summed E-state index contributed by atoms with van der Waals surface area (Å²) in [6.07, 6.45) is -0.149. The number of hydrogen-bond donors (Lipinski definition) is 3. The second-order valence-corrected chi connectivity index (χ2v) is 10.7. The Kier molecular flexibility index (Phi) is 7.58. The van der Waals surface area contributed by atoms with Gasteiger partial charge in [-0.15, -0.1) is 11.3 Å². The first-order chi connectivity index (χ1) is 14.7. The summed E-state index contributed by atoms with van der Waals surface area (Å²) < 4.78 is 34.2. The van der Waals surface area contributed by atoms with Gasteiger partial charge in [-0.05, 0) is 43.6 Å². The van der Waals surface area contributed by atoms with E-state index in [9.17, 15) is 18.3 Å². The Hall–Kier alpha value is -2.14. The molecule has 3 rings (SSSR count). The normalized spacial score (nSPS) is 20.8. The van der Waals surface area contributed by atoms with E-state index >= 15 is 0 Å². The number of carbonyl (C=O) groups excluding carboxylic acids is 1. The Balaban J connectivity index is 1.96. The first kappa shape index (κ1) is 23.5. The lowest BCUT2D eigenvalue weighted by molar-refractivity contribution is -0.134. The highest BCUT2D eigenvalue weighted by molar-refractivity contribution is 7.94. The average Bonchev–Trinajstić information content (AvgIpc) is 3.28. The van der Waals surface area contributed by atoms with Crippen molar-refractivity contribution in [1.29, 1.82) is 0 Å². The highest BCUT2D eigenvalue weighted by Gasteiger charge is 2.30. The molecule has 170 valence electrons. The summed E-state index contributed by atoms with van der Waals surface area (Å²) in [6.45, 7) is 4.73. The summed E-state index contributed by atoms with van der Waals surface area (Å²) in [5, 5.41) is 14.5. The van der Waals surface area contributed by atoms with Gasteiger partial charge in [0.25, 0.3) is 10.0 Å². The molecule has 0 saturated carbocycles. The summed E-state index contributed by atoms with van der Waals surface area (Å²) in [6, 6.07) is 7.88. The van der Waals surface area contributed by atoms with Crippen LogP contribution < -0.4 is 14.8 Å². The molecule has 0 bridgehead atoms. The van der Waals surface area contributed by atoms with E-state index in [4.69, 9.17) is 4.74 Å². The molecule has 0 saturated heterocycles. The van der Waals surface area contributed by atoms with Crippen LogP contribution in [0.4, 0.5) is 5.69 Å². The highest BCUT2D eigenvalue weighted by Crippen LogP contribution is 2.30. The van der Waals surface area contributed by atoms with Crippen LogP contribution in [0.5, 0.6) is 5.75 Å². The van der Waals surface area contributed by atoms with E-state index < -0.39 is 10.0 Å². The van der Waals surface area contributed by atoms with Crippen LogP contribution >= 0.6 is 11.3 Å². The van der Waals surface area contributed by atoms with E-state index in [1.807, 2.05) is 20.9 Å². The number of ether oxygens (including phenoxy) is 1. The van der Waals surface area contributed by atoms with E-state index in [1.54, 1.807) is 34.5 Å². The van der Waals surface area contributed by atoms with Gasteiger partial charge >= 0.3 is 0 Å². The minimum Gasteiger partial charge on any atom is -0.488 e. The van der Waals surface area contributed by atoms with Crippen LogP contribution in [-0.2, 0) is 21.2 Å². The molecule has 1 aromatic carbocycles. The Morgan fingerprint density at radius 1 is 1.35 bits per heavy atom. The zero-order chi connectivity index (χ0) is 22.6. The maximum absolute atomic E-state index is 13.1. The molecule has 0 radical (unpaired) electrons. The van der Waals surface area contributed by atoms with E-state index in [-0.39, 0.29) is 41.2 Å². The second kappa shape index (κ2) is 9.99. The summed E-state index contributed by atoms with van der Waals surface area (Å²) in [5.41, 5.74) is 0.962. The summed E-state index contributed by atoms with van der Waals surface area (Å²) in [5.74, 6) is 0.438. The minimum atomic E-state index is -3.70. The van der Waals surface area contributed by atoms with Gasteiger partial charge in [-0.2, -0.15) is 0 Å². The van der Waals surface area contributed by atoms with Crippen molar-refractivity contribution in [2.45, 2.75) is 36.6 Å². The molecule has 0 fully saturated rings. The van der Waals surface area contributed by atoms with Gasteiger partial charge in [0.2, 0.25) is 5.91 Å². The van der Waals surface area contributed by atoms with E-state index in [0.717, 1.165) is 11.3 Å². The van der Waals surface area contributed by atoms with Gasteiger partial charge < -0.3 is 20.1 Å². The number of amides is 1. The third kappa shape index (κ3) is 5.57. The van der Waals surface area contributed by atoms with Crippen molar-refractivity contribution in [2.24, 2.45) is 5.92 Å². The number of nitrogens with one attached hydrogen (secondary N) is 2. The number of fused-ring (bicyclic) bond motifs is 1. The average molecular weight is 468 g/mol. The summed E-state index contributed by atoms with van der Waals surface area (Å²) in [4.78, 5) is 14.8. The molecule has 1 aliphatic rings. The smallest absolute Gasteiger partial charge is 0.271 e. The number of aliphatic hydroxyl groups excluding tert-OH is 1. The molecule has 0 unspecified atom stereocenters. The van der Waals surface area contributed by atoms with Gasteiger partial charge in [-0.3, -0.25) is 9.52 Å². The first-order valence-electron chi connectivity index (χ1n) is 10.2. The van der Waals surface area contributed by atoms with E-state index in [2.05, 4.69) is 10.0 Å². The SMILES string of the molecule is CNC[C@@H]1Oc2ccc(NS(=O)(=O)c3cccs3)cc2CC(=O)N([C@H](C)CO)C[C@@H]1C. The first-order valence-corrected chi connectivity index (χ1v) is 12.5. The van der Waals surface area contributed by atoms with Crippen molar-refractivity contribution >= 4 is 33.0 Å². The number of sulfonamides is 1. The number of benzene rings is 1. The van der Waals surface area contributed by atoms with Crippen LogP contribution in [0.1, 0.15) is 19.4 Å². The van der Waals surface area contributed by atoms with Gasteiger partial charge in [0, 0.05) is 30.3 Å².